The highest BCUT2D eigenvalue weighted by molar-refractivity contribution is 5.97. The summed E-state index contributed by atoms with van der Waals surface area (Å²) >= 11 is 0. The van der Waals surface area contributed by atoms with Gasteiger partial charge >= 0.3 is 0 Å². The first kappa shape index (κ1) is 15.1. The molecule has 0 saturated carbocycles. The van der Waals surface area contributed by atoms with Crippen LogP contribution >= 0.6 is 0 Å². The van der Waals surface area contributed by atoms with E-state index in [-0.39, 0.29) is 0 Å². The van der Waals surface area contributed by atoms with Crippen molar-refractivity contribution in [2.24, 2.45) is 9.98 Å². The van der Waals surface area contributed by atoms with Crippen molar-refractivity contribution in [1.29, 1.82) is 0 Å². The van der Waals surface area contributed by atoms with Gasteiger partial charge in [-0.15, -0.1) is 0 Å². The first-order valence-electron chi connectivity index (χ1n) is 6.47. The van der Waals surface area contributed by atoms with Crippen molar-refractivity contribution in [2.45, 2.75) is 52.4 Å². The molecule has 0 aromatic heterocycles. The number of nitrogens with zero attached hydrogens (tertiary/aromatic N) is 2. The van der Waals surface area contributed by atoms with Crippen LogP contribution in [-0.2, 0) is 0 Å². The van der Waals surface area contributed by atoms with Crippen molar-refractivity contribution in [3.8, 4) is 0 Å². The van der Waals surface area contributed by atoms with Crippen LogP contribution < -0.4 is 0 Å². The molecule has 0 aliphatic carbocycles. The molecule has 0 rings (SSSR count). The van der Waals surface area contributed by atoms with Gasteiger partial charge in [-0.1, -0.05) is 33.1 Å². The summed E-state index contributed by atoms with van der Waals surface area (Å²) in [5.41, 5.74) is 1.22. The fourth-order valence-electron chi connectivity index (χ4n) is 1.40. The Hall–Kier alpha value is -0.920. The summed E-state index contributed by atoms with van der Waals surface area (Å²) in [6.45, 7) is 5.41. The molecule has 0 bridgehead atoms. The Kier molecular flexibility index (Phi) is 11.5. The number of rotatable bonds is 9. The number of aliphatic imine (C=N–C) groups is 2. The predicted molar refractivity (Wildman–Crippen MR) is 74.9 cm³/mol. The molecule has 0 aliphatic heterocycles. The minimum absolute atomic E-state index is 0.973. The topological polar surface area (TPSA) is 24.7 Å². The highest BCUT2D eigenvalue weighted by Gasteiger charge is 1.93. The van der Waals surface area contributed by atoms with Crippen molar-refractivity contribution in [2.75, 3.05) is 13.6 Å². The maximum Gasteiger partial charge on any atom is 0.0392 e. The van der Waals surface area contributed by atoms with Gasteiger partial charge in [-0.2, -0.15) is 0 Å². The van der Waals surface area contributed by atoms with Gasteiger partial charge in [0.1, 0.15) is 0 Å². The lowest BCUT2D eigenvalue weighted by Gasteiger charge is -2.00. The van der Waals surface area contributed by atoms with Crippen molar-refractivity contribution >= 4 is 11.9 Å². The van der Waals surface area contributed by atoms with E-state index < -0.39 is 0 Å². The monoisotopic (exact) mass is 222 g/mol. The third-order valence-corrected chi connectivity index (χ3v) is 2.39. The van der Waals surface area contributed by atoms with Gasteiger partial charge in [0.2, 0.25) is 0 Å². The Morgan fingerprint density at radius 1 is 1.06 bits per heavy atom. The number of unbranched alkanes of at least 4 members (excludes halogenated alkanes) is 3. The molecule has 0 aromatic carbocycles. The lowest BCUT2D eigenvalue weighted by Crippen LogP contribution is -1.96. The van der Waals surface area contributed by atoms with Crippen LogP contribution in [0.4, 0.5) is 0 Å². The zero-order valence-electron chi connectivity index (χ0n) is 11.1. The molecule has 0 radical (unpaired) electrons. The maximum absolute atomic E-state index is 4.64. The summed E-state index contributed by atoms with van der Waals surface area (Å²) in [6, 6.07) is 0. The average Bonchev–Trinajstić information content (AvgIpc) is 2.31. The van der Waals surface area contributed by atoms with E-state index in [0.29, 0.717) is 0 Å². The summed E-state index contributed by atoms with van der Waals surface area (Å²) in [7, 11) is 1.79. The van der Waals surface area contributed by atoms with E-state index in [1.165, 1.54) is 37.8 Å². The zero-order valence-corrected chi connectivity index (χ0v) is 11.1. The summed E-state index contributed by atoms with van der Waals surface area (Å²) in [4.78, 5) is 8.57. The predicted octanol–water partition coefficient (Wildman–Crippen LogP) is 4.06. The quantitative estimate of drug-likeness (QED) is 0.415. The molecule has 0 aromatic rings. The summed E-state index contributed by atoms with van der Waals surface area (Å²) < 4.78 is 0. The molecular formula is C14H26N2. The largest absolute Gasteiger partial charge is 0.297 e. The van der Waals surface area contributed by atoms with Crippen molar-refractivity contribution in [3.63, 3.8) is 0 Å². The lowest BCUT2D eigenvalue weighted by molar-refractivity contribution is 0.725. The summed E-state index contributed by atoms with van der Waals surface area (Å²) in [5.74, 6) is 0. The average molecular weight is 222 g/mol. The van der Waals surface area contributed by atoms with Gasteiger partial charge in [-0.3, -0.25) is 9.98 Å². The second-order valence-corrected chi connectivity index (χ2v) is 3.95. The van der Waals surface area contributed by atoms with E-state index in [0.717, 1.165) is 13.0 Å². The van der Waals surface area contributed by atoms with Crippen LogP contribution in [0.1, 0.15) is 52.4 Å². The molecule has 0 N–H and O–H groups in total. The second-order valence-electron chi connectivity index (χ2n) is 3.95. The third-order valence-electron chi connectivity index (χ3n) is 2.39. The van der Waals surface area contributed by atoms with E-state index in [2.05, 4.69) is 29.9 Å². The second kappa shape index (κ2) is 12.2. The number of hydrogen-bond donors (Lipinski definition) is 0. The highest BCUT2D eigenvalue weighted by Crippen LogP contribution is 2.01. The third kappa shape index (κ3) is 9.63. The Balaban J connectivity index is 4.06. The van der Waals surface area contributed by atoms with E-state index in [4.69, 9.17) is 0 Å². The Morgan fingerprint density at radius 2 is 1.81 bits per heavy atom. The van der Waals surface area contributed by atoms with Crippen LogP contribution in [0.15, 0.2) is 22.1 Å². The highest BCUT2D eigenvalue weighted by atomic mass is 14.7. The smallest absolute Gasteiger partial charge is 0.0392 e. The Labute approximate surface area is 101 Å². The number of allylic oxidation sites excluding steroid dienone is 2. The van der Waals surface area contributed by atoms with Gasteiger partial charge in [0.05, 0.1) is 0 Å². The molecule has 16 heavy (non-hydrogen) atoms. The molecule has 0 fully saturated rings. The van der Waals surface area contributed by atoms with Crippen molar-refractivity contribution < 1.29 is 0 Å². The van der Waals surface area contributed by atoms with Gasteiger partial charge in [-0.05, 0) is 31.4 Å². The molecule has 0 saturated heterocycles. The first-order chi connectivity index (χ1) is 7.85. The first-order valence-corrected chi connectivity index (χ1v) is 6.47. The maximum atomic E-state index is 4.64. The van der Waals surface area contributed by atoms with Gasteiger partial charge in [0.25, 0.3) is 0 Å². The SMILES string of the molecule is CCCCC/N=C(/C=C\C=N/C)CCCC. The van der Waals surface area contributed by atoms with Crippen LogP contribution in [0.25, 0.3) is 0 Å². The minimum Gasteiger partial charge on any atom is -0.297 e. The normalized spacial score (nSPS) is 13.1. The van der Waals surface area contributed by atoms with Gasteiger partial charge in [-0.25, -0.2) is 0 Å². The molecule has 0 amide bonds. The molecule has 2 heteroatoms. The molecule has 0 aliphatic rings. The molecule has 0 spiro atoms. The molecular weight excluding hydrogens is 196 g/mol. The molecule has 0 atom stereocenters. The molecule has 0 unspecified atom stereocenters. The summed E-state index contributed by atoms with van der Waals surface area (Å²) in [6.07, 6.45) is 13.2. The van der Waals surface area contributed by atoms with E-state index in [1.54, 1.807) is 7.05 Å². The van der Waals surface area contributed by atoms with Crippen LogP contribution in [0.5, 0.6) is 0 Å². The van der Waals surface area contributed by atoms with Crippen LogP contribution in [0.3, 0.4) is 0 Å². The standard InChI is InChI=1S/C14H26N2/c1-4-6-8-13-16-14(10-7-5-2)11-9-12-15-3/h9,11-12H,4-8,10,13H2,1-3H3/b11-9-,15-12-,16-14+. The summed E-state index contributed by atoms with van der Waals surface area (Å²) in [5, 5.41) is 0. The van der Waals surface area contributed by atoms with Crippen LogP contribution in [-0.4, -0.2) is 25.5 Å². The number of hydrogen-bond acceptors (Lipinski definition) is 2. The van der Waals surface area contributed by atoms with Crippen LogP contribution in [0.2, 0.25) is 0 Å². The zero-order chi connectivity index (χ0) is 12.1. The van der Waals surface area contributed by atoms with E-state index >= 15 is 0 Å². The fourth-order valence-corrected chi connectivity index (χ4v) is 1.40. The Bertz CT molecular complexity index is 227. The van der Waals surface area contributed by atoms with Gasteiger partial charge in [0, 0.05) is 25.5 Å². The molecule has 2 nitrogen and oxygen atoms in total. The minimum atomic E-state index is 0.973. The van der Waals surface area contributed by atoms with E-state index in [9.17, 15) is 0 Å². The lowest BCUT2D eigenvalue weighted by atomic mass is 10.1. The van der Waals surface area contributed by atoms with Crippen molar-refractivity contribution in [3.05, 3.63) is 12.2 Å². The van der Waals surface area contributed by atoms with E-state index in [1.807, 2.05) is 12.3 Å². The van der Waals surface area contributed by atoms with Gasteiger partial charge in [0.15, 0.2) is 0 Å². The fraction of sp³-hybridized carbons (Fsp3) is 0.714. The molecule has 92 valence electrons. The van der Waals surface area contributed by atoms with Crippen LogP contribution in [0, 0.1) is 0 Å². The Morgan fingerprint density at radius 3 is 2.44 bits per heavy atom. The van der Waals surface area contributed by atoms with Gasteiger partial charge < -0.3 is 0 Å². The molecule has 0 heterocycles. The van der Waals surface area contributed by atoms with Crippen molar-refractivity contribution in [1.82, 2.24) is 0 Å².